The zero-order chi connectivity index (χ0) is 23.2. The van der Waals surface area contributed by atoms with Crippen LogP contribution in [-0.2, 0) is 17.5 Å². The van der Waals surface area contributed by atoms with E-state index in [2.05, 4.69) is 10.1 Å². The Labute approximate surface area is 186 Å². The highest BCUT2D eigenvalue weighted by Crippen LogP contribution is 2.40. The van der Waals surface area contributed by atoms with E-state index < -0.39 is 17.3 Å². The number of hydrogen-bond acceptors (Lipinski definition) is 5. The lowest BCUT2D eigenvalue weighted by atomic mass is 10.1. The van der Waals surface area contributed by atoms with Crippen LogP contribution in [0.3, 0.4) is 0 Å². The Hall–Kier alpha value is -3.01. The van der Waals surface area contributed by atoms with Gasteiger partial charge in [-0.1, -0.05) is 6.07 Å². The van der Waals surface area contributed by atoms with Gasteiger partial charge in [0.2, 0.25) is 5.91 Å². The molecule has 1 aliphatic carbocycles. The summed E-state index contributed by atoms with van der Waals surface area (Å²) >= 11 is 1.18. The number of carbonyl (C=O) groups is 1. The number of hydrogen-bond donors (Lipinski definition) is 0. The molecule has 1 saturated carbocycles. The SMILES string of the molecule is CC(=O)N(c1ccc(C)c(C)c1)c1nc(Cn2nc(C3CC3)cc(C(F)(F)F)c2=O)cs1. The third kappa shape index (κ3) is 4.45. The fraction of sp³-hybridized carbons (Fsp3) is 0.364. The number of amides is 1. The van der Waals surface area contributed by atoms with Crippen molar-refractivity contribution in [3.63, 3.8) is 0 Å². The summed E-state index contributed by atoms with van der Waals surface area (Å²) < 4.78 is 41.0. The van der Waals surface area contributed by atoms with Crippen molar-refractivity contribution in [2.75, 3.05) is 4.90 Å². The van der Waals surface area contributed by atoms with E-state index in [0.29, 0.717) is 16.5 Å². The van der Waals surface area contributed by atoms with Crippen molar-refractivity contribution in [2.24, 2.45) is 0 Å². The Morgan fingerprint density at radius 1 is 1.22 bits per heavy atom. The van der Waals surface area contributed by atoms with Gasteiger partial charge in [0, 0.05) is 18.2 Å². The molecule has 0 spiro atoms. The number of aromatic nitrogens is 3. The van der Waals surface area contributed by atoms with Gasteiger partial charge < -0.3 is 0 Å². The zero-order valence-corrected chi connectivity index (χ0v) is 18.5. The molecule has 32 heavy (non-hydrogen) atoms. The molecule has 0 saturated heterocycles. The summed E-state index contributed by atoms with van der Waals surface area (Å²) in [7, 11) is 0. The summed E-state index contributed by atoms with van der Waals surface area (Å²) in [5.74, 6) is -0.300. The molecule has 1 aromatic carbocycles. The van der Waals surface area contributed by atoms with Crippen LogP contribution in [0.15, 0.2) is 34.4 Å². The Bertz CT molecular complexity index is 1240. The van der Waals surface area contributed by atoms with E-state index in [1.807, 2.05) is 32.0 Å². The second kappa shape index (κ2) is 8.16. The monoisotopic (exact) mass is 462 g/mol. The maximum atomic E-state index is 13.4. The Morgan fingerprint density at radius 3 is 2.53 bits per heavy atom. The van der Waals surface area contributed by atoms with Crippen LogP contribution in [-0.4, -0.2) is 20.7 Å². The summed E-state index contributed by atoms with van der Waals surface area (Å²) in [5, 5.41) is 6.16. The lowest BCUT2D eigenvalue weighted by molar-refractivity contribution is -0.139. The molecule has 6 nitrogen and oxygen atoms in total. The summed E-state index contributed by atoms with van der Waals surface area (Å²) in [6.07, 6.45) is -3.24. The number of halogens is 3. The van der Waals surface area contributed by atoms with E-state index in [-0.39, 0.29) is 24.1 Å². The van der Waals surface area contributed by atoms with E-state index in [9.17, 15) is 22.8 Å². The van der Waals surface area contributed by atoms with E-state index >= 15 is 0 Å². The van der Waals surface area contributed by atoms with Crippen LogP contribution < -0.4 is 10.5 Å². The van der Waals surface area contributed by atoms with Crippen molar-refractivity contribution in [3.05, 3.63) is 68.1 Å². The first-order valence-electron chi connectivity index (χ1n) is 10.1. The third-order valence-electron chi connectivity index (χ3n) is 5.40. The highest BCUT2D eigenvalue weighted by atomic mass is 32.1. The van der Waals surface area contributed by atoms with Crippen molar-refractivity contribution >= 4 is 28.1 Å². The lowest BCUT2D eigenvalue weighted by Gasteiger charge is -2.19. The fourth-order valence-corrected chi connectivity index (χ4v) is 4.25. The van der Waals surface area contributed by atoms with Crippen LogP contribution in [0.2, 0.25) is 0 Å². The molecule has 2 aromatic heterocycles. The van der Waals surface area contributed by atoms with Crippen molar-refractivity contribution in [1.29, 1.82) is 0 Å². The van der Waals surface area contributed by atoms with Crippen molar-refractivity contribution in [1.82, 2.24) is 14.8 Å². The molecule has 0 N–H and O–H groups in total. The predicted octanol–water partition coefficient (Wildman–Crippen LogP) is 4.95. The number of carbonyl (C=O) groups excluding carboxylic acids is 1. The molecule has 3 aromatic rings. The van der Waals surface area contributed by atoms with Crippen LogP contribution in [0, 0.1) is 13.8 Å². The molecule has 2 heterocycles. The molecule has 1 amide bonds. The molecule has 0 radical (unpaired) electrons. The van der Waals surface area contributed by atoms with E-state index in [4.69, 9.17) is 0 Å². The first kappa shape index (κ1) is 22.2. The molecule has 4 rings (SSSR count). The highest BCUT2D eigenvalue weighted by molar-refractivity contribution is 7.14. The van der Waals surface area contributed by atoms with Crippen molar-refractivity contribution in [3.8, 4) is 0 Å². The quantitative estimate of drug-likeness (QED) is 0.538. The topological polar surface area (TPSA) is 68.1 Å². The number of anilines is 2. The van der Waals surface area contributed by atoms with Gasteiger partial charge in [-0.25, -0.2) is 9.67 Å². The molecule has 168 valence electrons. The number of nitrogens with zero attached hydrogens (tertiary/aromatic N) is 4. The van der Waals surface area contributed by atoms with Crippen molar-refractivity contribution < 1.29 is 18.0 Å². The Balaban J connectivity index is 1.68. The second-order valence-corrected chi connectivity index (χ2v) is 8.80. The first-order chi connectivity index (χ1) is 15.0. The number of thiazole rings is 1. The van der Waals surface area contributed by atoms with E-state index in [0.717, 1.165) is 34.7 Å². The molecular weight excluding hydrogens is 441 g/mol. The number of alkyl halides is 3. The molecule has 0 atom stereocenters. The highest BCUT2D eigenvalue weighted by Gasteiger charge is 2.37. The summed E-state index contributed by atoms with van der Waals surface area (Å²) in [5.41, 5.74) is 0.950. The molecule has 0 unspecified atom stereocenters. The summed E-state index contributed by atoms with van der Waals surface area (Å²) in [6.45, 7) is 5.11. The van der Waals surface area contributed by atoms with Crippen LogP contribution in [0.5, 0.6) is 0 Å². The maximum absolute atomic E-state index is 13.4. The van der Waals surface area contributed by atoms with Crippen LogP contribution in [0.4, 0.5) is 24.0 Å². The van der Waals surface area contributed by atoms with E-state index in [1.54, 1.807) is 5.38 Å². The maximum Gasteiger partial charge on any atom is 0.421 e. The van der Waals surface area contributed by atoms with Crippen LogP contribution in [0.1, 0.15) is 53.8 Å². The second-order valence-electron chi connectivity index (χ2n) is 7.96. The molecule has 0 aliphatic heterocycles. The van der Waals surface area contributed by atoms with Gasteiger partial charge in [-0.3, -0.25) is 14.5 Å². The van der Waals surface area contributed by atoms with Gasteiger partial charge in [0.05, 0.1) is 23.6 Å². The minimum Gasteiger partial charge on any atom is -0.274 e. The van der Waals surface area contributed by atoms with Crippen LogP contribution in [0.25, 0.3) is 0 Å². The van der Waals surface area contributed by atoms with Gasteiger partial charge >= 0.3 is 6.18 Å². The predicted molar refractivity (Wildman–Crippen MR) is 115 cm³/mol. The minimum atomic E-state index is -4.76. The number of rotatable bonds is 5. The van der Waals surface area contributed by atoms with Gasteiger partial charge in [-0.15, -0.1) is 11.3 Å². The number of benzene rings is 1. The van der Waals surface area contributed by atoms with Gasteiger partial charge in [-0.05, 0) is 56.0 Å². The molecule has 0 bridgehead atoms. The zero-order valence-electron chi connectivity index (χ0n) is 17.7. The standard InChI is InChI=1S/C22H21F3N4O2S/c1-12-4-7-17(8-13(12)2)29(14(3)30)21-26-16(11-32-21)10-28-20(31)18(22(23,24)25)9-19(27-28)15-5-6-15/h4,7-9,11,15H,5-6,10H2,1-3H3. The van der Waals surface area contributed by atoms with Crippen molar-refractivity contribution in [2.45, 2.75) is 52.3 Å². The molecule has 1 aliphatic rings. The summed E-state index contributed by atoms with van der Waals surface area (Å²) in [6, 6.07) is 6.45. The molecule has 10 heteroatoms. The van der Waals surface area contributed by atoms with Gasteiger partial charge in [0.15, 0.2) is 5.13 Å². The molecular formula is C22H21F3N4O2S. The first-order valence-corrected chi connectivity index (χ1v) is 10.9. The largest absolute Gasteiger partial charge is 0.421 e. The lowest BCUT2D eigenvalue weighted by Crippen LogP contribution is -2.32. The minimum absolute atomic E-state index is 0.0491. The Morgan fingerprint density at radius 2 is 1.94 bits per heavy atom. The van der Waals surface area contributed by atoms with E-state index in [1.165, 1.54) is 23.2 Å². The van der Waals surface area contributed by atoms with Gasteiger partial charge in [0.1, 0.15) is 5.56 Å². The molecule has 1 fully saturated rings. The van der Waals surface area contributed by atoms with Gasteiger partial charge in [-0.2, -0.15) is 18.3 Å². The smallest absolute Gasteiger partial charge is 0.274 e. The number of aryl methyl sites for hydroxylation is 2. The normalized spacial score (nSPS) is 13.9. The van der Waals surface area contributed by atoms with Crippen LogP contribution >= 0.6 is 11.3 Å². The van der Waals surface area contributed by atoms with Gasteiger partial charge in [0.25, 0.3) is 5.56 Å². The average molecular weight is 462 g/mol. The fourth-order valence-electron chi connectivity index (χ4n) is 3.37. The Kier molecular flexibility index (Phi) is 5.66. The summed E-state index contributed by atoms with van der Waals surface area (Å²) in [4.78, 5) is 30.7. The average Bonchev–Trinajstić information content (AvgIpc) is 3.45. The third-order valence-corrected chi connectivity index (χ3v) is 6.28.